The van der Waals surface area contributed by atoms with E-state index in [2.05, 4.69) is 44.2 Å². The third-order valence-electron chi connectivity index (χ3n) is 5.22. The van der Waals surface area contributed by atoms with Gasteiger partial charge in [0.15, 0.2) is 8.32 Å². The third kappa shape index (κ3) is 4.11. The van der Waals surface area contributed by atoms with Gasteiger partial charge in [0.05, 0.1) is 12.1 Å². The maximum Gasteiger partial charge on any atom is 0.192 e. The second-order valence-electron chi connectivity index (χ2n) is 7.95. The zero-order chi connectivity index (χ0) is 17.3. The molecule has 0 aliphatic heterocycles. The Morgan fingerprint density at radius 3 is 2.48 bits per heavy atom. The molecule has 1 fully saturated rings. The van der Waals surface area contributed by atoms with E-state index in [9.17, 15) is 5.11 Å². The number of aliphatic hydroxyl groups excluding tert-OH is 1. The Morgan fingerprint density at radius 1 is 1.35 bits per heavy atom. The summed E-state index contributed by atoms with van der Waals surface area (Å²) in [6.07, 6.45) is 2.25. The lowest BCUT2D eigenvalue weighted by molar-refractivity contribution is 0.0530. The number of nitrogens with one attached hydrogen (secondary N) is 1. The van der Waals surface area contributed by atoms with E-state index < -0.39 is 20.6 Å². The molecule has 1 aliphatic rings. The standard InChI is InChI=1S/C17H29FN2O2Si/c1-17(2,3)23(4,5)22-16-12(11-21)10-14(15(16)18)20-13-6-8-19-9-7-13/h6-9,12,14-16,21H,10-11H2,1-5H3,(H,19,20)/t12-,14-,15-,16-/m1/s1. The summed E-state index contributed by atoms with van der Waals surface area (Å²) in [5.41, 5.74) is 0.845. The molecule has 0 saturated heterocycles. The van der Waals surface area contributed by atoms with Crippen molar-refractivity contribution in [1.82, 2.24) is 4.98 Å². The molecule has 4 nitrogen and oxygen atoms in total. The van der Waals surface area contributed by atoms with E-state index >= 15 is 4.39 Å². The first-order valence-corrected chi connectivity index (χ1v) is 11.2. The van der Waals surface area contributed by atoms with Gasteiger partial charge in [0, 0.05) is 30.6 Å². The molecule has 0 unspecified atom stereocenters. The van der Waals surface area contributed by atoms with Crippen molar-refractivity contribution in [3.8, 4) is 0 Å². The van der Waals surface area contributed by atoms with Gasteiger partial charge in [-0.2, -0.15) is 0 Å². The highest BCUT2D eigenvalue weighted by Gasteiger charge is 2.49. The molecule has 2 rings (SSSR count). The van der Waals surface area contributed by atoms with E-state index in [1.54, 1.807) is 12.4 Å². The van der Waals surface area contributed by atoms with Gasteiger partial charge in [-0.25, -0.2) is 4.39 Å². The summed E-state index contributed by atoms with van der Waals surface area (Å²) in [7, 11) is -2.08. The van der Waals surface area contributed by atoms with Gasteiger partial charge >= 0.3 is 0 Å². The van der Waals surface area contributed by atoms with Gasteiger partial charge in [0.2, 0.25) is 0 Å². The predicted octanol–water partition coefficient (Wildman–Crippen LogP) is 3.60. The largest absolute Gasteiger partial charge is 0.411 e. The molecule has 0 bridgehead atoms. The van der Waals surface area contributed by atoms with Gasteiger partial charge in [-0.3, -0.25) is 4.98 Å². The summed E-state index contributed by atoms with van der Waals surface area (Å²) in [6, 6.07) is 3.30. The highest BCUT2D eigenvalue weighted by atomic mass is 28.4. The van der Waals surface area contributed by atoms with Crippen LogP contribution in [0.5, 0.6) is 0 Å². The predicted molar refractivity (Wildman–Crippen MR) is 93.8 cm³/mol. The average Bonchev–Trinajstić information content (AvgIpc) is 2.75. The van der Waals surface area contributed by atoms with Crippen molar-refractivity contribution in [2.75, 3.05) is 11.9 Å². The minimum Gasteiger partial charge on any atom is -0.411 e. The van der Waals surface area contributed by atoms with Crippen LogP contribution in [-0.2, 0) is 4.43 Å². The quantitative estimate of drug-likeness (QED) is 0.804. The van der Waals surface area contributed by atoms with Crippen LogP contribution in [0.15, 0.2) is 24.5 Å². The number of hydrogen-bond donors (Lipinski definition) is 2. The number of aromatic nitrogens is 1. The van der Waals surface area contributed by atoms with Crippen molar-refractivity contribution >= 4 is 14.0 Å². The number of rotatable bonds is 5. The fourth-order valence-electron chi connectivity index (χ4n) is 2.74. The first-order chi connectivity index (χ1) is 10.7. The molecular weight excluding hydrogens is 311 g/mol. The normalized spacial score (nSPS) is 28.8. The van der Waals surface area contributed by atoms with Crippen molar-refractivity contribution in [3.05, 3.63) is 24.5 Å². The minimum atomic E-state index is -2.08. The van der Waals surface area contributed by atoms with Crippen molar-refractivity contribution in [1.29, 1.82) is 0 Å². The van der Waals surface area contributed by atoms with Crippen LogP contribution in [0.4, 0.5) is 10.1 Å². The van der Waals surface area contributed by atoms with Gasteiger partial charge in [-0.15, -0.1) is 0 Å². The molecule has 0 aromatic carbocycles. The lowest BCUT2D eigenvalue weighted by Gasteiger charge is -2.40. The lowest BCUT2D eigenvalue weighted by atomic mass is 10.1. The topological polar surface area (TPSA) is 54.4 Å². The summed E-state index contributed by atoms with van der Waals surface area (Å²) in [6.45, 7) is 10.6. The summed E-state index contributed by atoms with van der Waals surface area (Å²) in [5, 5.41) is 12.9. The molecule has 1 aromatic heterocycles. The van der Waals surface area contributed by atoms with Gasteiger partial charge in [-0.1, -0.05) is 20.8 Å². The smallest absolute Gasteiger partial charge is 0.192 e. The average molecular weight is 341 g/mol. The molecule has 0 spiro atoms. The third-order valence-corrected chi connectivity index (χ3v) is 9.70. The van der Waals surface area contributed by atoms with Gasteiger partial charge in [-0.05, 0) is 36.7 Å². The van der Waals surface area contributed by atoms with Crippen molar-refractivity contribution in [2.45, 2.75) is 63.6 Å². The monoisotopic (exact) mass is 340 g/mol. The molecule has 1 aliphatic carbocycles. The Labute approximate surface area is 139 Å². The zero-order valence-corrected chi connectivity index (χ0v) is 15.7. The molecule has 2 N–H and O–H groups in total. The Bertz CT molecular complexity index is 507. The Morgan fingerprint density at radius 2 is 1.96 bits per heavy atom. The fourth-order valence-corrected chi connectivity index (χ4v) is 4.09. The number of aliphatic hydroxyl groups is 1. The van der Waals surface area contributed by atoms with Crippen LogP contribution >= 0.6 is 0 Å². The maximum atomic E-state index is 15.0. The molecule has 23 heavy (non-hydrogen) atoms. The Balaban J connectivity index is 2.11. The van der Waals surface area contributed by atoms with E-state index in [-0.39, 0.29) is 23.6 Å². The van der Waals surface area contributed by atoms with Crippen LogP contribution in [-0.4, -0.2) is 43.3 Å². The molecule has 0 amide bonds. The first kappa shape index (κ1) is 18.4. The van der Waals surface area contributed by atoms with Crippen molar-refractivity contribution in [3.63, 3.8) is 0 Å². The summed E-state index contributed by atoms with van der Waals surface area (Å²) < 4.78 is 21.3. The Kier molecular flexibility index (Phi) is 5.48. The number of halogens is 1. The fraction of sp³-hybridized carbons (Fsp3) is 0.706. The number of anilines is 1. The highest BCUT2D eigenvalue weighted by molar-refractivity contribution is 6.74. The molecule has 6 heteroatoms. The van der Waals surface area contributed by atoms with E-state index in [0.717, 1.165) is 5.69 Å². The first-order valence-electron chi connectivity index (χ1n) is 8.25. The maximum absolute atomic E-state index is 15.0. The van der Waals surface area contributed by atoms with Crippen molar-refractivity contribution in [2.24, 2.45) is 5.92 Å². The number of pyridine rings is 1. The van der Waals surface area contributed by atoms with E-state index in [4.69, 9.17) is 4.43 Å². The number of hydrogen-bond acceptors (Lipinski definition) is 4. The van der Waals surface area contributed by atoms with E-state index in [1.807, 2.05) is 12.1 Å². The lowest BCUT2D eigenvalue weighted by Crippen LogP contribution is -2.48. The van der Waals surface area contributed by atoms with E-state index in [1.165, 1.54) is 0 Å². The second kappa shape index (κ2) is 6.87. The van der Waals surface area contributed by atoms with Gasteiger partial charge < -0.3 is 14.8 Å². The summed E-state index contributed by atoms with van der Waals surface area (Å²) in [5.74, 6) is -0.168. The van der Waals surface area contributed by atoms with Gasteiger partial charge in [0.25, 0.3) is 0 Å². The number of nitrogens with zero attached hydrogens (tertiary/aromatic N) is 1. The van der Waals surface area contributed by atoms with Crippen LogP contribution < -0.4 is 5.32 Å². The highest BCUT2D eigenvalue weighted by Crippen LogP contribution is 2.42. The van der Waals surface area contributed by atoms with Crippen LogP contribution in [0.25, 0.3) is 0 Å². The molecule has 130 valence electrons. The van der Waals surface area contributed by atoms with Gasteiger partial charge in [0.1, 0.15) is 6.17 Å². The summed E-state index contributed by atoms with van der Waals surface area (Å²) in [4.78, 5) is 3.97. The SMILES string of the molecule is CC(C)(C)[Si](C)(C)O[C@@H]1[C@@H](CO)C[C@@H](Nc2ccncc2)[C@H]1F. The molecule has 1 saturated carbocycles. The second-order valence-corrected chi connectivity index (χ2v) is 12.7. The van der Waals surface area contributed by atoms with Crippen LogP contribution in [0.3, 0.4) is 0 Å². The molecule has 0 radical (unpaired) electrons. The molecule has 1 aromatic rings. The minimum absolute atomic E-state index is 0.0172. The summed E-state index contributed by atoms with van der Waals surface area (Å²) >= 11 is 0. The van der Waals surface area contributed by atoms with Crippen LogP contribution in [0.2, 0.25) is 18.1 Å². The molecular formula is C17H29FN2O2Si. The van der Waals surface area contributed by atoms with E-state index in [0.29, 0.717) is 6.42 Å². The zero-order valence-electron chi connectivity index (χ0n) is 14.7. The molecule has 1 heterocycles. The van der Waals surface area contributed by atoms with Crippen LogP contribution in [0, 0.1) is 5.92 Å². The molecule has 4 atom stereocenters. The Hall–Kier alpha value is -0.983. The number of alkyl halides is 1. The van der Waals surface area contributed by atoms with Crippen molar-refractivity contribution < 1.29 is 13.9 Å². The van der Waals surface area contributed by atoms with Crippen LogP contribution in [0.1, 0.15) is 27.2 Å².